The molecule has 3 nitrogen and oxygen atoms in total. The highest BCUT2D eigenvalue weighted by Gasteiger charge is 2.61. The van der Waals surface area contributed by atoms with Crippen LogP contribution in [0.5, 0.6) is 0 Å². The van der Waals surface area contributed by atoms with Gasteiger partial charge in [-0.05, 0) is 76.0 Å². The Kier molecular flexibility index (Phi) is 12.3. The zero-order chi connectivity index (χ0) is 34.8. The second kappa shape index (κ2) is 15.1. The second-order valence-corrected chi connectivity index (χ2v) is 25.8. The molecule has 0 aromatic heterocycles. The molecule has 0 spiro atoms. The number of carbonyl (C=O) groups is 1. The van der Waals surface area contributed by atoms with Gasteiger partial charge in [0.2, 0.25) is 0 Å². The van der Waals surface area contributed by atoms with Crippen LogP contribution in [0.2, 0.25) is 23.2 Å². The van der Waals surface area contributed by atoms with Crippen LogP contribution in [0.1, 0.15) is 82.6 Å². The summed E-state index contributed by atoms with van der Waals surface area (Å²) in [5.41, 5.74) is 0.684. The smallest absolute Gasteiger partial charge is 0.261 e. The van der Waals surface area contributed by atoms with Crippen LogP contribution in [0.4, 0.5) is 0 Å². The molecule has 7 atom stereocenters. The number of ketones is 1. The molecule has 258 valence electrons. The normalized spacial score (nSPS) is 28.9. The SMILES string of the molecule is CC[Si](CC)(CC)OC/C=C(\C)[C@@H]1C=C(Br)[C@@H]2[C@@H](O[Si](c3ccccc3)(c3ccccc3)C(C)(C)C)[C@@H](C)C[C@H](C)[C@H]2[C@]1(C)C(C)=O. The van der Waals surface area contributed by atoms with Crippen molar-refractivity contribution in [1.82, 2.24) is 0 Å². The number of rotatable bonds is 12. The topological polar surface area (TPSA) is 35.5 Å². The summed E-state index contributed by atoms with van der Waals surface area (Å²) in [5, 5.41) is 2.47. The van der Waals surface area contributed by atoms with Crippen LogP contribution in [0.25, 0.3) is 0 Å². The van der Waals surface area contributed by atoms with Crippen molar-refractivity contribution in [3.05, 3.63) is 82.9 Å². The Balaban J connectivity index is 1.85. The molecule has 2 aliphatic carbocycles. The predicted octanol–water partition coefficient (Wildman–Crippen LogP) is 10.3. The van der Waals surface area contributed by atoms with Gasteiger partial charge in [-0.2, -0.15) is 0 Å². The third-order valence-corrected chi connectivity index (χ3v) is 22.8. The van der Waals surface area contributed by atoms with Crippen LogP contribution >= 0.6 is 15.9 Å². The van der Waals surface area contributed by atoms with Gasteiger partial charge in [-0.3, -0.25) is 4.79 Å². The van der Waals surface area contributed by atoms with Crippen LogP contribution in [0.15, 0.2) is 82.9 Å². The lowest BCUT2D eigenvalue weighted by Crippen LogP contribution is -2.70. The molecule has 47 heavy (non-hydrogen) atoms. The van der Waals surface area contributed by atoms with E-state index in [1.54, 1.807) is 0 Å². The van der Waals surface area contributed by atoms with Gasteiger partial charge in [-0.1, -0.05) is 157 Å². The molecular weight excluding hydrogens is 677 g/mol. The summed E-state index contributed by atoms with van der Waals surface area (Å²) in [5.74, 6) is 1.21. The van der Waals surface area contributed by atoms with Crippen molar-refractivity contribution >= 4 is 48.7 Å². The summed E-state index contributed by atoms with van der Waals surface area (Å²) in [6.07, 6.45) is 5.64. The highest BCUT2D eigenvalue weighted by molar-refractivity contribution is 9.11. The molecule has 0 unspecified atom stereocenters. The fourth-order valence-electron chi connectivity index (χ4n) is 9.40. The van der Waals surface area contributed by atoms with Gasteiger partial charge in [0.1, 0.15) is 5.78 Å². The van der Waals surface area contributed by atoms with E-state index >= 15 is 0 Å². The van der Waals surface area contributed by atoms with Crippen LogP contribution in [-0.4, -0.2) is 35.1 Å². The van der Waals surface area contributed by atoms with Crippen molar-refractivity contribution in [2.45, 2.75) is 112 Å². The van der Waals surface area contributed by atoms with Crippen molar-refractivity contribution in [1.29, 1.82) is 0 Å². The van der Waals surface area contributed by atoms with E-state index in [9.17, 15) is 4.79 Å². The quantitative estimate of drug-likeness (QED) is 0.161. The molecule has 0 saturated heterocycles. The van der Waals surface area contributed by atoms with Crippen molar-refractivity contribution in [3.8, 4) is 0 Å². The fourth-order valence-corrected chi connectivity index (χ4v) is 17.6. The van der Waals surface area contributed by atoms with E-state index in [2.05, 4.69) is 158 Å². The summed E-state index contributed by atoms with van der Waals surface area (Å²) < 4.78 is 15.8. The number of Topliss-reactive ketones (excluding diaryl/α,β-unsaturated/α-hetero) is 1. The Morgan fingerprint density at radius 1 is 0.915 bits per heavy atom. The maximum absolute atomic E-state index is 14.1. The summed E-state index contributed by atoms with van der Waals surface area (Å²) in [7, 11) is -4.53. The third-order valence-electron chi connectivity index (χ3n) is 12.3. The zero-order valence-electron chi connectivity index (χ0n) is 31.0. The predicted molar refractivity (Wildman–Crippen MR) is 209 cm³/mol. The fraction of sp³-hybridized carbons (Fsp3) is 0.585. The molecule has 0 aliphatic heterocycles. The molecule has 1 fully saturated rings. The highest BCUT2D eigenvalue weighted by atomic mass is 79.9. The monoisotopic (exact) mass is 736 g/mol. The Labute approximate surface area is 297 Å². The van der Waals surface area contributed by atoms with Gasteiger partial charge in [0.25, 0.3) is 8.32 Å². The molecule has 2 aromatic rings. The van der Waals surface area contributed by atoms with Crippen molar-refractivity contribution in [3.63, 3.8) is 0 Å². The Bertz CT molecular complexity index is 1360. The van der Waals surface area contributed by atoms with Gasteiger partial charge in [0.15, 0.2) is 8.32 Å². The van der Waals surface area contributed by atoms with E-state index < -0.39 is 22.0 Å². The van der Waals surface area contributed by atoms with Gasteiger partial charge in [-0.15, -0.1) is 0 Å². The first-order valence-corrected chi connectivity index (χ1v) is 23.3. The minimum absolute atomic E-state index is 0.00421. The number of allylic oxidation sites excluding steroid dienone is 2. The summed E-state index contributed by atoms with van der Waals surface area (Å²) >= 11 is 4.17. The van der Waals surface area contributed by atoms with Crippen molar-refractivity contribution < 1.29 is 13.6 Å². The minimum atomic E-state index is -2.82. The average Bonchev–Trinajstić information content (AvgIpc) is 3.04. The maximum atomic E-state index is 14.1. The van der Waals surface area contributed by atoms with E-state index in [1.807, 2.05) is 6.92 Å². The molecule has 0 heterocycles. The summed E-state index contributed by atoms with van der Waals surface area (Å²) in [6.45, 7) is 25.6. The molecule has 4 rings (SSSR count). The molecular formula is C41H61BrO3Si2. The molecule has 0 N–H and O–H groups in total. The van der Waals surface area contributed by atoms with E-state index in [1.165, 1.54) is 20.4 Å². The molecule has 0 bridgehead atoms. The lowest BCUT2D eigenvalue weighted by atomic mass is 9.49. The Morgan fingerprint density at radius 3 is 1.87 bits per heavy atom. The van der Waals surface area contributed by atoms with Gasteiger partial charge in [0, 0.05) is 17.3 Å². The number of benzene rings is 2. The lowest BCUT2D eigenvalue weighted by molar-refractivity contribution is -0.140. The number of hydrogen-bond donors (Lipinski definition) is 0. The van der Waals surface area contributed by atoms with Gasteiger partial charge in [0.05, 0.1) is 12.7 Å². The summed E-state index contributed by atoms with van der Waals surface area (Å²) in [4.78, 5) is 14.1. The highest BCUT2D eigenvalue weighted by Crippen LogP contribution is 2.60. The number of hydrogen-bond acceptors (Lipinski definition) is 3. The molecule has 2 aromatic carbocycles. The first-order chi connectivity index (χ1) is 22.1. The Hall–Kier alpha value is -1.58. The van der Waals surface area contributed by atoms with E-state index in [0.29, 0.717) is 18.4 Å². The zero-order valence-corrected chi connectivity index (χ0v) is 34.6. The van der Waals surface area contributed by atoms with Gasteiger partial charge < -0.3 is 8.85 Å². The molecule has 0 radical (unpaired) electrons. The number of fused-ring (bicyclic) bond motifs is 1. The van der Waals surface area contributed by atoms with E-state index in [-0.39, 0.29) is 34.7 Å². The second-order valence-electron chi connectivity index (χ2n) is 15.9. The van der Waals surface area contributed by atoms with Crippen LogP contribution < -0.4 is 10.4 Å². The number of halogens is 1. The van der Waals surface area contributed by atoms with Crippen LogP contribution in [0.3, 0.4) is 0 Å². The molecule has 0 amide bonds. The first kappa shape index (κ1) is 38.2. The largest absolute Gasteiger partial charge is 0.413 e. The maximum Gasteiger partial charge on any atom is 0.261 e. The molecule has 2 aliphatic rings. The van der Waals surface area contributed by atoms with E-state index in [0.717, 1.165) is 24.6 Å². The third kappa shape index (κ3) is 7.06. The minimum Gasteiger partial charge on any atom is -0.413 e. The van der Waals surface area contributed by atoms with Crippen LogP contribution in [-0.2, 0) is 13.6 Å². The Morgan fingerprint density at radius 2 is 1.43 bits per heavy atom. The van der Waals surface area contributed by atoms with Crippen molar-refractivity contribution in [2.24, 2.45) is 35.0 Å². The lowest BCUT2D eigenvalue weighted by Gasteiger charge is -2.58. The summed E-state index contributed by atoms with van der Waals surface area (Å²) in [6, 6.07) is 25.4. The molecule has 6 heteroatoms. The van der Waals surface area contributed by atoms with Gasteiger partial charge in [-0.25, -0.2) is 0 Å². The van der Waals surface area contributed by atoms with Crippen LogP contribution in [0, 0.1) is 35.0 Å². The van der Waals surface area contributed by atoms with Crippen molar-refractivity contribution in [2.75, 3.05) is 6.61 Å². The van der Waals surface area contributed by atoms with Gasteiger partial charge >= 0.3 is 0 Å². The first-order valence-electron chi connectivity index (χ1n) is 18.1. The molecule has 1 saturated carbocycles. The standard InChI is InChI=1S/C41H61BrO3Si2/c1-12-46(13-2,14-3)44-26-25-29(4)35-28-36(42)37-38(41(35,11)32(7)43)30(5)27-31(6)39(37)45-47(40(8,9)10,33-21-17-15-18-22-33)34-23-19-16-20-24-34/h15-25,28,30-31,35,37-39H,12-14,26-27H2,1-11H3/b29-25+/t30-,31-,35-,37-,38+,39-,41+/m0/s1. The number of carbonyl (C=O) groups excluding carboxylic acids is 1. The van der Waals surface area contributed by atoms with E-state index in [4.69, 9.17) is 8.85 Å². The average molecular weight is 738 g/mol.